The topological polar surface area (TPSA) is 65.8 Å². The van der Waals surface area contributed by atoms with Crippen LogP contribution in [0.4, 0.5) is 5.69 Å². The number of benzene rings is 2. The van der Waals surface area contributed by atoms with Gasteiger partial charge in [-0.15, -0.1) is 0 Å². The minimum Gasteiger partial charge on any atom is -0.325 e. The number of hydrogen-bond donors (Lipinski definition) is 1. The Hall–Kier alpha value is -2.36. The second kappa shape index (κ2) is 7.68. The van der Waals surface area contributed by atoms with Crippen molar-refractivity contribution in [3.63, 3.8) is 0 Å². The van der Waals surface area contributed by atoms with Crippen molar-refractivity contribution in [2.24, 2.45) is 0 Å². The normalized spacial score (nSPS) is 10.4. The Labute approximate surface area is 158 Å². The van der Waals surface area contributed by atoms with Crippen LogP contribution in [0.2, 0.25) is 0 Å². The summed E-state index contributed by atoms with van der Waals surface area (Å²) >= 11 is 4.63. The molecule has 4 nitrogen and oxygen atoms in total. The number of rotatable bonds is 4. The summed E-state index contributed by atoms with van der Waals surface area (Å²) in [7, 11) is 0. The lowest BCUT2D eigenvalue weighted by molar-refractivity contribution is -0.113. The van der Waals surface area contributed by atoms with Crippen molar-refractivity contribution in [1.29, 1.82) is 5.26 Å². The van der Waals surface area contributed by atoms with E-state index in [-0.39, 0.29) is 11.7 Å². The zero-order valence-electron chi connectivity index (χ0n) is 13.4. The highest BCUT2D eigenvalue weighted by Crippen LogP contribution is 2.25. The first kappa shape index (κ1) is 17.5. The third kappa shape index (κ3) is 4.38. The van der Waals surface area contributed by atoms with Crippen LogP contribution in [0.1, 0.15) is 11.1 Å². The van der Waals surface area contributed by atoms with E-state index >= 15 is 0 Å². The van der Waals surface area contributed by atoms with Crippen LogP contribution in [-0.4, -0.2) is 16.6 Å². The average Bonchev–Trinajstić information content (AvgIpc) is 2.61. The first-order valence-electron chi connectivity index (χ1n) is 7.55. The molecular weight excluding hydrogens is 398 g/mol. The van der Waals surface area contributed by atoms with Crippen LogP contribution in [0.3, 0.4) is 0 Å². The summed E-state index contributed by atoms with van der Waals surface area (Å²) in [6.07, 6.45) is 0. The van der Waals surface area contributed by atoms with E-state index in [1.54, 1.807) is 0 Å². The third-order valence-corrected chi connectivity index (χ3v) is 5.05. The number of amides is 1. The number of thioether (sulfide) groups is 1. The summed E-state index contributed by atoms with van der Waals surface area (Å²) in [4.78, 5) is 16.7. The van der Waals surface area contributed by atoms with Gasteiger partial charge in [0.25, 0.3) is 0 Å². The Morgan fingerprint density at radius 2 is 2.00 bits per heavy atom. The number of nitriles is 1. The van der Waals surface area contributed by atoms with Gasteiger partial charge in [0.05, 0.1) is 16.8 Å². The third-order valence-electron chi connectivity index (χ3n) is 3.53. The van der Waals surface area contributed by atoms with E-state index in [1.807, 2.05) is 55.5 Å². The first-order chi connectivity index (χ1) is 12.0. The van der Waals surface area contributed by atoms with E-state index in [2.05, 4.69) is 32.3 Å². The molecule has 0 unspecified atom stereocenters. The summed E-state index contributed by atoms with van der Waals surface area (Å²) in [6, 6.07) is 17.3. The molecule has 0 bridgehead atoms. The standard InChI is InChI=1S/C19H14BrN3OS/c1-12-2-3-13-9-14(10-21)19(23-17(13)8-12)25-11-18(24)22-16-6-4-15(20)5-7-16/h2-9H,11H2,1H3,(H,22,24). The maximum Gasteiger partial charge on any atom is 0.234 e. The number of halogens is 1. The highest BCUT2D eigenvalue weighted by atomic mass is 79.9. The predicted octanol–water partition coefficient (Wildman–Crippen LogP) is 4.91. The monoisotopic (exact) mass is 411 g/mol. The smallest absolute Gasteiger partial charge is 0.234 e. The molecule has 0 atom stereocenters. The van der Waals surface area contributed by atoms with Gasteiger partial charge in [-0.3, -0.25) is 4.79 Å². The number of carbonyl (C=O) groups is 1. The average molecular weight is 412 g/mol. The molecule has 0 radical (unpaired) electrons. The van der Waals surface area contributed by atoms with E-state index in [0.717, 1.165) is 26.6 Å². The summed E-state index contributed by atoms with van der Waals surface area (Å²) in [5, 5.41) is 13.7. The molecule has 3 rings (SSSR count). The Morgan fingerprint density at radius 1 is 1.24 bits per heavy atom. The van der Waals surface area contributed by atoms with Gasteiger partial charge in [-0.25, -0.2) is 4.98 Å². The molecule has 25 heavy (non-hydrogen) atoms. The summed E-state index contributed by atoms with van der Waals surface area (Å²) in [5.74, 6) is 0.0528. The van der Waals surface area contributed by atoms with E-state index < -0.39 is 0 Å². The minimum atomic E-state index is -0.137. The van der Waals surface area contributed by atoms with E-state index in [4.69, 9.17) is 0 Å². The number of carbonyl (C=O) groups excluding carboxylic acids is 1. The second-order valence-corrected chi connectivity index (χ2v) is 7.37. The van der Waals surface area contributed by atoms with E-state index in [1.165, 1.54) is 11.8 Å². The number of anilines is 1. The van der Waals surface area contributed by atoms with Crippen molar-refractivity contribution in [2.75, 3.05) is 11.1 Å². The van der Waals surface area contributed by atoms with Gasteiger partial charge in [-0.2, -0.15) is 5.26 Å². The molecule has 2 aromatic carbocycles. The molecule has 1 amide bonds. The number of aryl methyl sites for hydroxylation is 1. The minimum absolute atomic E-state index is 0.137. The predicted molar refractivity (Wildman–Crippen MR) is 105 cm³/mol. The molecule has 124 valence electrons. The lowest BCUT2D eigenvalue weighted by Crippen LogP contribution is -2.14. The number of aromatic nitrogens is 1. The van der Waals surface area contributed by atoms with Gasteiger partial charge in [0.1, 0.15) is 11.1 Å². The van der Waals surface area contributed by atoms with Crippen LogP contribution >= 0.6 is 27.7 Å². The number of hydrogen-bond acceptors (Lipinski definition) is 4. The Morgan fingerprint density at radius 3 is 2.72 bits per heavy atom. The summed E-state index contributed by atoms with van der Waals surface area (Å²) in [5.41, 5.74) is 3.15. The van der Waals surface area contributed by atoms with Gasteiger partial charge >= 0.3 is 0 Å². The Balaban J connectivity index is 1.74. The first-order valence-corrected chi connectivity index (χ1v) is 9.33. The summed E-state index contributed by atoms with van der Waals surface area (Å²) in [6.45, 7) is 2.00. The zero-order chi connectivity index (χ0) is 17.8. The van der Waals surface area contributed by atoms with Gasteiger partial charge in [0, 0.05) is 15.5 Å². The highest BCUT2D eigenvalue weighted by Gasteiger charge is 2.11. The van der Waals surface area contributed by atoms with Gasteiger partial charge in [-0.05, 0) is 48.9 Å². The van der Waals surface area contributed by atoms with Crippen molar-refractivity contribution in [3.8, 4) is 6.07 Å². The fraction of sp³-hybridized carbons (Fsp3) is 0.105. The van der Waals surface area contributed by atoms with E-state index in [0.29, 0.717) is 10.6 Å². The van der Waals surface area contributed by atoms with Crippen LogP contribution in [-0.2, 0) is 4.79 Å². The second-order valence-electron chi connectivity index (χ2n) is 5.49. The quantitative estimate of drug-likeness (QED) is 0.619. The largest absolute Gasteiger partial charge is 0.325 e. The summed E-state index contributed by atoms with van der Waals surface area (Å²) < 4.78 is 0.953. The Kier molecular flexibility index (Phi) is 5.37. The molecule has 1 heterocycles. The molecule has 0 fully saturated rings. The van der Waals surface area contributed by atoms with Crippen LogP contribution in [0.15, 0.2) is 58.0 Å². The van der Waals surface area contributed by atoms with Gasteiger partial charge in [0.2, 0.25) is 5.91 Å². The fourth-order valence-electron chi connectivity index (χ4n) is 2.31. The van der Waals surface area contributed by atoms with Crippen molar-refractivity contribution in [1.82, 2.24) is 4.98 Å². The number of fused-ring (bicyclic) bond motifs is 1. The Bertz CT molecular complexity index is 980. The van der Waals surface area contributed by atoms with Crippen molar-refractivity contribution < 1.29 is 4.79 Å². The molecule has 0 spiro atoms. The van der Waals surface area contributed by atoms with Crippen LogP contribution < -0.4 is 5.32 Å². The molecule has 1 N–H and O–H groups in total. The molecule has 1 aromatic heterocycles. The number of nitrogens with one attached hydrogen (secondary N) is 1. The molecule has 0 aliphatic carbocycles. The molecule has 0 saturated carbocycles. The van der Waals surface area contributed by atoms with Gasteiger partial charge in [0.15, 0.2) is 0 Å². The van der Waals surface area contributed by atoms with Crippen molar-refractivity contribution in [3.05, 3.63) is 64.1 Å². The molecular formula is C19H14BrN3OS. The van der Waals surface area contributed by atoms with Crippen LogP contribution in [0, 0.1) is 18.3 Å². The SMILES string of the molecule is Cc1ccc2cc(C#N)c(SCC(=O)Nc3ccc(Br)cc3)nc2c1. The van der Waals surface area contributed by atoms with Gasteiger partial charge < -0.3 is 5.32 Å². The van der Waals surface area contributed by atoms with Crippen LogP contribution in [0.25, 0.3) is 10.9 Å². The van der Waals surface area contributed by atoms with Crippen molar-refractivity contribution in [2.45, 2.75) is 11.9 Å². The van der Waals surface area contributed by atoms with Crippen LogP contribution in [0.5, 0.6) is 0 Å². The molecule has 0 saturated heterocycles. The molecule has 0 aliphatic heterocycles. The lowest BCUT2D eigenvalue weighted by atomic mass is 10.1. The zero-order valence-corrected chi connectivity index (χ0v) is 15.8. The lowest BCUT2D eigenvalue weighted by Gasteiger charge is -2.07. The molecule has 0 aliphatic rings. The number of nitrogens with zero attached hydrogens (tertiary/aromatic N) is 2. The van der Waals surface area contributed by atoms with E-state index in [9.17, 15) is 10.1 Å². The number of pyridine rings is 1. The molecule has 6 heteroatoms. The molecule has 3 aromatic rings. The maximum atomic E-state index is 12.1. The van der Waals surface area contributed by atoms with Gasteiger partial charge in [-0.1, -0.05) is 39.8 Å². The highest BCUT2D eigenvalue weighted by molar-refractivity contribution is 9.10. The fourth-order valence-corrected chi connectivity index (χ4v) is 3.34. The maximum absolute atomic E-state index is 12.1. The van der Waals surface area contributed by atoms with Crippen molar-refractivity contribution >= 4 is 50.2 Å².